The maximum absolute atomic E-state index is 2.64. The van der Waals surface area contributed by atoms with E-state index in [9.17, 15) is 0 Å². The highest BCUT2D eigenvalue weighted by atomic mass is 14.9. The molecule has 0 radical (unpaired) electrons. The molecule has 0 aromatic heterocycles. The molecule has 4 aliphatic rings. The smallest absolute Gasteiger partial charge is 0.0189 e. The van der Waals surface area contributed by atoms with Crippen molar-refractivity contribution in [3.8, 4) is 0 Å². The van der Waals surface area contributed by atoms with Crippen molar-refractivity contribution < 1.29 is 0 Å². The summed E-state index contributed by atoms with van der Waals surface area (Å²) in [5.74, 6) is 4.04. The standard InChI is InChI=1S/C17H28/c1-10-12-7-14(3)8-15(4)9-16(10,5)13(12)11(2)17(14,15)6/h10-13H,7-9H2,1-6H3. The predicted molar refractivity (Wildman–Crippen MR) is 71.6 cm³/mol. The summed E-state index contributed by atoms with van der Waals surface area (Å²) in [6, 6.07) is 0. The van der Waals surface area contributed by atoms with Crippen molar-refractivity contribution in [2.24, 2.45) is 45.3 Å². The van der Waals surface area contributed by atoms with E-state index in [1.54, 1.807) is 0 Å². The minimum atomic E-state index is 0.640. The second-order valence-corrected chi connectivity index (χ2v) is 9.15. The van der Waals surface area contributed by atoms with Crippen LogP contribution >= 0.6 is 0 Å². The quantitative estimate of drug-likeness (QED) is 0.566. The van der Waals surface area contributed by atoms with E-state index in [4.69, 9.17) is 0 Å². The third-order valence-electron chi connectivity index (χ3n) is 9.10. The summed E-state index contributed by atoms with van der Waals surface area (Å²) in [6.07, 6.45) is 4.55. The van der Waals surface area contributed by atoms with E-state index in [0.717, 1.165) is 23.7 Å². The van der Waals surface area contributed by atoms with Crippen LogP contribution < -0.4 is 0 Å². The monoisotopic (exact) mass is 232 g/mol. The molecule has 96 valence electrons. The highest BCUT2D eigenvalue weighted by Gasteiger charge is 2.81. The van der Waals surface area contributed by atoms with Crippen LogP contribution in [0.15, 0.2) is 0 Å². The summed E-state index contributed by atoms with van der Waals surface area (Å²) in [4.78, 5) is 0. The summed E-state index contributed by atoms with van der Waals surface area (Å²) in [6.45, 7) is 15.6. The zero-order chi connectivity index (χ0) is 12.4. The van der Waals surface area contributed by atoms with Crippen LogP contribution in [0, 0.1) is 45.3 Å². The summed E-state index contributed by atoms with van der Waals surface area (Å²) in [5, 5.41) is 0. The van der Waals surface area contributed by atoms with Crippen molar-refractivity contribution in [2.45, 2.75) is 60.8 Å². The van der Waals surface area contributed by atoms with Gasteiger partial charge in [-0.15, -0.1) is 0 Å². The van der Waals surface area contributed by atoms with E-state index in [2.05, 4.69) is 41.5 Å². The van der Waals surface area contributed by atoms with Gasteiger partial charge in [0.1, 0.15) is 0 Å². The van der Waals surface area contributed by atoms with Crippen LogP contribution in [0.1, 0.15) is 60.8 Å². The zero-order valence-corrected chi connectivity index (χ0v) is 12.4. The van der Waals surface area contributed by atoms with Gasteiger partial charge in [0.15, 0.2) is 0 Å². The average molecular weight is 232 g/mol. The molecule has 0 aliphatic heterocycles. The fourth-order valence-electron chi connectivity index (χ4n) is 8.20. The first-order valence-corrected chi connectivity index (χ1v) is 7.70. The molecule has 17 heavy (non-hydrogen) atoms. The Morgan fingerprint density at radius 2 is 1.47 bits per heavy atom. The minimum absolute atomic E-state index is 0.640. The molecule has 0 spiro atoms. The third-order valence-corrected chi connectivity index (χ3v) is 9.10. The lowest BCUT2D eigenvalue weighted by atomic mass is 9.18. The lowest BCUT2D eigenvalue weighted by Crippen LogP contribution is -2.80. The number of hydrogen-bond donors (Lipinski definition) is 0. The van der Waals surface area contributed by atoms with E-state index in [1.807, 2.05) is 0 Å². The number of rotatable bonds is 0. The van der Waals surface area contributed by atoms with Gasteiger partial charge in [0.2, 0.25) is 0 Å². The van der Waals surface area contributed by atoms with Gasteiger partial charge in [-0.3, -0.25) is 0 Å². The van der Waals surface area contributed by atoms with Gasteiger partial charge in [-0.2, -0.15) is 0 Å². The van der Waals surface area contributed by atoms with Crippen LogP contribution in [0.25, 0.3) is 0 Å². The Hall–Kier alpha value is 0. The van der Waals surface area contributed by atoms with Crippen LogP contribution in [0.2, 0.25) is 0 Å². The molecule has 0 amide bonds. The van der Waals surface area contributed by atoms with Gasteiger partial charge >= 0.3 is 0 Å². The van der Waals surface area contributed by atoms with Crippen LogP contribution in [0.4, 0.5) is 0 Å². The van der Waals surface area contributed by atoms with Gasteiger partial charge in [-0.25, -0.2) is 0 Å². The van der Waals surface area contributed by atoms with Gasteiger partial charge in [-0.1, -0.05) is 41.5 Å². The number of hydrogen-bond acceptors (Lipinski definition) is 0. The summed E-state index contributed by atoms with van der Waals surface area (Å²) in [5.41, 5.74) is 2.63. The molecule has 0 N–H and O–H groups in total. The molecule has 8 unspecified atom stereocenters. The molecule has 0 aromatic carbocycles. The first kappa shape index (κ1) is 10.9. The van der Waals surface area contributed by atoms with E-state index in [-0.39, 0.29) is 0 Å². The van der Waals surface area contributed by atoms with Crippen molar-refractivity contribution in [1.29, 1.82) is 0 Å². The van der Waals surface area contributed by atoms with E-state index < -0.39 is 0 Å². The van der Waals surface area contributed by atoms with Crippen molar-refractivity contribution in [3.63, 3.8) is 0 Å². The maximum atomic E-state index is 2.64. The largest absolute Gasteiger partial charge is 0.0617 e. The third kappa shape index (κ3) is 0.742. The molecule has 0 heteroatoms. The molecule has 0 aromatic rings. The van der Waals surface area contributed by atoms with Crippen LogP contribution in [0.5, 0.6) is 0 Å². The molecule has 2 bridgehead atoms. The lowest BCUT2D eigenvalue weighted by Gasteiger charge is -2.86. The van der Waals surface area contributed by atoms with Gasteiger partial charge in [-0.05, 0) is 64.6 Å². The van der Waals surface area contributed by atoms with Crippen LogP contribution in [-0.4, -0.2) is 0 Å². The Labute approximate surface area is 107 Å². The molecule has 0 heterocycles. The summed E-state index contributed by atoms with van der Waals surface area (Å²) in [7, 11) is 0. The van der Waals surface area contributed by atoms with Crippen molar-refractivity contribution in [1.82, 2.24) is 0 Å². The van der Waals surface area contributed by atoms with Crippen molar-refractivity contribution in [2.75, 3.05) is 0 Å². The minimum Gasteiger partial charge on any atom is -0.0617 e. The molecular weight excluding hydrogens is 204 g/mol. The molecule has 8 atom stereocenters. The van der Waals surface area contributed by atoms with E-state index in [1.165, 1.54) is 19.3 Å². The molecule has 4 fully saturated rings. The molecule has 4 rings (SSSR count). The van der Waals surface area contributed by atoms with Crippen LogP contribution in [-0.2, 0) is 0 Å². The van der Waals surface area contributed by atoms with Crippen molar-refractivity contribution in [3.05, 3.63) is 0 Å². The van der Waals surface area contributed by atoms with Gasteiger partial charge in [0.05, 0.1) is 0 Å². The zero-order valence-electron chi connectivity index (χ0n) is 12.4. The first-order chi connectivity index (χ1) is 7.70. The molecule has 4 saturated carbocycles. The molecule has 0 nitrogen and oxygen atoms in total. The fourth-order valence-corrected chi connectivity index (χ4v) is 8.20. The summed E-state index contributed by atoms with van der Waals surface area (Å²) < 4.78 is 0. The Kier molecular flexibility index (Phi) is 1.51. The Morgan fingerprint density at radius 1 is 0.824 bits per heavy atom. The van der Waals surface area contributed by atoms with Crippen molar-refractivity contribution >= 4 is 0 Å². The lowest BCUT2D eigenvalue weighted by molar-refractivity contribution is -0.382. The average Bonchev–Trinajstić information content (AvgIpc) is 2.22. The Morgan fingerprint density at radius 3 is 2.12 bits per heavy atom. The highest BCUT2D eigenvalue weighted by molar-refractivity contribution is 5.29. The summed E-state index contributed by atoms with van der Waals surface area (Å²) >= 11 is 0. The molecule has 0 saturated heterocycles. The Bertz CT molecular complexity index is 412. The maximum Gasteiger partial charge on any atom is -0.0189 e. The van der Waals surface area contributed by atoms with Gasteiger partial charge < -0.3 is 0 Å². The fraction of sp³-hybridized carbons (Fsp3) is 1.00. The molecular formula is C17H28. The van der Waals surface area contributed by atoms with Gasteiger partial charge in [0, 0.05) is 0 Å². The first-order valence-electron chi connectivity index (χ1n) is 7.70. The highest BCUT2D eigenvalue weighted by Crippen LogP contribution is 2.88. The predicted octanol–water partition coefficient (Wildman–Crippen LogP) is 4.74. The van der Waals surface area contributed by atoms with E-state index >= 15 is 0 Å². The second-order valence-electron chi connectivity index (χ2n) is 9.15. The molecule has 4 aliphatic carbocycles. The normalized spacial score (nSPS) is 75.9. The topological polar surface area (TPSA) is 0 Å². The Balaban J connectivity index is 1.91. The van der Waals surface area contributed by atoms with Crippen LogP contribution in [0.3, 0.4) is 0 Å². The van der Waals surface area contributed by atoms with Gasteiger partial charge in [0.25, 0.3) is 0 Å². The second kappa shape index (κ2) is 2.37. The SMILES string of the molecule is CC1C2CC3(C)CC4(C)CC1(C)C2C(C)C34C. The van der Waals surface area contributed by atoms with E-state index in [0.29, 0.717) is 21.7 Å².